The fourth-order valence-corrected chi connectivity index (χ4v) is 1.62. The van der Waals surface area contributed by atoms with Gasteiger partial charge in [0.25, 0.3) is 0 Å². The molecule has 0 bridgehead atoms. The van der Waals surface area contributed by atoms with Crippen LogP contribution in [0.4, 0.5) is 0 Å². The maximum Gasteiger partial charge on any atom is 0.217 e. The van der Waals surface area contributed by atoms with Gasteiger partial charge in [0, 0.05) is 13.0 Å². The lowest BCUT2D eigenvalue weighted by atomic mass is 9.93. The smallest absolute Gasteiger partial charge is 0.217 e. The molecule has 0 saturated carbocycles. The molecule has 2 nitrogen and oxygen atoms in total. The van der Waals surface area contributed by atoms with E-state index in [1.54, 1.807) is 6.92 Å². The Morgan fingerprint density at radius 1 is 1.42 bits per heavy atom. The summed E-state index contributed by atoms with van der Waals surface area (Å²) in [4.78, 5) is 10.8. The Hall–Kier alpha value is -0.530. The van der Waals surface area contributed by atoms with Crippen LogP contribution in [0.5, 0.6) is 0 Å². The van der Waals surface area contributed by atoms with Crippen molar-refractivity contribution in [3.8, 4) is 0 Å². The number of rotatable bonds is 5. The first-order valence-corrected chi connectivity index (χ1v) is 4.88. The van der Waals surface area contributed by atoms with Gasteiger partial charge in [0.1, 0.15) is 0 Å². The number of hydrogen-bond acceptors (Lipinski definition) is 1. The molecule has 2 heteroatoms. The largest absolute Gasteiger partial charge is 0.354 e. The van der Waals surface area contributed by atoms with E-state index in [0.29, 0.717) is 12.0 Å². The van der Waals surface area contributed by atoms with Gasteiger partial charge in [-0.25, -0.2) is 0 Å². The zero-order chi connectivity index (χ0) is 9.56. The molecular weight excluding hydrogens is 150 g/mol. The zero-order valence-electron chi connectivity index (χ0n) is 8.68. The Bertz CT molecular complexity index is 134. The maximum atomic E-state index is 10.8. The predicted molar refractivity (Wildman–Crippen MR) is 52.0 cm³/mol. The summed E-state index contributed by atoms with van der Waals surface area (Å²) >= 11 is 0. The Kier molecular flexibility index (Phi) is 5.77. The first-order chi connectivity index (χ1) is 5.61. The van der Waals surface area contributed by atoms with Gasteiger partial charge in [0.15, 0.2) is 0 Å². The molecule has 0 rings (SSSR count). The van der Waals surface area contributed by atoms with E-state index in [9.17, 15) is 4.79 Å². The lowest BCUT2D eigenvalue weighted by Gasteiger charge is -2.22. The second-order valence-electron chi connectivity index (χ2n) is 3.45. The summed E-state index contributed by atoms with van der Waals surface area (Å²) in [6.45, 7) is 8.03. The Morgan fingerprint density at radius 2 is 2.00 bits per heavy atom. The summed E-state index contributed by atoms with van der Waals surface area (Å²) in [7, 11) is 0. The quantitative estimate of drug-likeness (QED) is 0.676. The van der Waals surface area contributed by atoms with Crippen LogP contribution in [0.1, 0.15) is 47.0 Å². The van der Waals surface area contributed by atoms with Gasteiger partial charge in [-0.2, -0.15) is 0 Å². The van der Waals surface area contributed by atoms with Crippen molar-refractivity contribution >= 4 is 5.91 Å². The molecule has 1 amide bonds. The Labute approximate surface area is 75.7 Å². The summed E-state index contributed by atoms with van der Waals surface area (Å²) < 4.78 is 0. The van der Waals surface area contributed by atoms with E-state index in [1.165, 1.54) is 12.8 Å². The minimum atomic E-state index is 0.0806. The van der Waals surface area contributed by atoms with Gasteiger partial charge >= 0.3 is 0 Å². The first-order valence-electron chi connectivity index (χ1n) is 4.88. The average Bonchev–Trinajstić information content (AvgIpc) is 1.98. The average molecular weight is 171 g/mol. The van der Waals surface area contributed by atoms with Crippen LogP contribution in [0, 0.1) is 5.92 Å². The molecule has 0 fully saturated rings. The van der Waals surface area contributed by atoms with Gasteiger partial charge < -0.3 is 5.32 Å². The second-order valence-corrected chi connectivity index (χ2v) is 3.45. The van der Waals surface area contributed by atoms with Gasteiger partial charge in [0.2, 0.25) is 5.91 Å². The molecule has 0 spiro atoms. The number of carbonyl (C=O) groups excluding carboxylic acids is 1. The molecule has 12 heavy (non-hydrogen) atoms. The summed E-state index contributed by atoms with van der Waals surface area (Å²) in [5, 5.41) is 2.94. The van der Waals surface area contributed by atoms with Crippen molar-refractivity contribution < 1.29 is 4.79 Å². The van der Waals surface area contributed by atoms with Crippen LogP contribution < -0.4 is 5.32 Å². The molecule has 0 radical (unpaired) electrons. The van der Waals surface area contributed by atoms with E-state index in [0.717, 1.165) is 6.42 Å². The van der Waals surface area contributed by atoms with Crippen LogP contribution in [0.15, 0.2) is 0 Å². The molecule has 1 N–H and O–H groups in total. The highest BCUT2D eigenvalue weighted by molar-refractivity contribution is 5.73. The fourth-order valence-electron chi connectivity index (χ4n) is 1.62. The fraction of sp³-hybridized carbons (Fsp3) is 0.900. The molecular formula is C10H21NO. The highest BCUT2D eigenvalue weighted by Gasteiger charge is 2.14. The highest BCUT2D eigenvalue weighted by atomic mass is 16.1. The van der Waals surface area contributed by atoms with Gasteiger partial charge in [-0.05, 0) is 19.3 Å². The van der Waals surface area contributed by atoms with Gasteiger partial charge in [-0.15, -0.1) is 0 Å². The highest BCUT2D eigenvalue weighted by Crippen LogP contribution is 2.14. The third kappa shape index (κ3) is 4.37. The summed E-state index contributed by atoms with van der Waals surface area (Å²) in [6, 6.07) is 0.326. The first kappa shape index (κ1) is 11.5. The minimum Gasteiger partial charge on any atom is -0.354 e. The summed E-state index contributed by atoms with van der Waals surface area (Å²) in [6.07, 6.45) is 3.55. The van der Waals surface area contributed by atoms with Gasteiger partial charge in [-0.1, -0.05) is 26.7 Å². The van der Waals surface area contributed by atoms with E-state index in [-0.39, 0.29) is 5.91 Å². The maximum absolute atomic E-state index is 10.8. The van der Waals surface area contributed by atoms with Gasteiger partial charge in [-0.3, -0.25) is 4.79 Å². The van der Waals surface area contributed by atoms with Crippen molar-refractivity contribution in [3.63, 3.8) is 0 Å². The third-order valence-electron chi connectivity index (χ3n) is 2.32. The summed E-state index contributed by atoms with van der Waals surface area (Å²) in [5.74, 6) is 0.718. The van der Waals surface area contributed by atoms with Crippen molar-refractivity contribution in [3.05, 3.63) is 0 Å². The second kappa shape index (κ2) is 6.04. The standard InChI is InChI=1S/C10H21NO/c1-5-7-10(6-2)8(3)11-9(4)12/h8,10H,5-7H2,1-4H3,(H,11,12). The molecule has 0 heterocycles. The Balaban J connectivity index is 3.84. The normalized spacial score (nSPS) is 15.3. The lowest BCUT2D eigenvalue weighted by Crippen LogP contribution is -2.36. The van der Waals surface area contributed by atoms with E-state index >= 15 is 0 Å². The molecule has 0 aliphatic heterocycles. The molecule has 0 aliphatic rings. The molecule has 2 unspecified atom stereocenters. The predicted octanol–water partition coefficient (Wildman–Crippen LogP) is 2.34. The number of nitrogens with one attached hydrogen (secondary N) is 1. The van der Waals surface area contributed by atoms with E-state index in [4.69, 9.17) is 0 Å². The minimum absolute atomic E-state index is 0.0806. The van der Waals surface area contributed by atoms with Crippen LogP contribution in [-0.4, -0.2) is 11.9 Å². The lowest BCUT2D eigenvalue weighted by molar-refractivity contribution is -0.119. The molecule has 2 atom stereocenters. The number of carbonyl (C=O) groups is 1. The van der Waals surface area contributed by atoms with E-state index in [1.807, 2.05) is 0 Å². The molecule has 0 aromatic heterocycles. The van der Waals surface area contributed by atoms with Crippen molar-refractivity contribution in [2.75, 3.05) is 0 Å². The van der Waals surface area contributed by atoms with Gasteiger partial charge in [0.05, 0.1) is 0 Å². The van der Waals surface area contributed by atoms with Crippen molar-refractivity contribution in [2.45, 2.75) is 53.0 Å². The van der Waals surface area contributed by atoms with Crippen LogP contribution in [-0.2, 0) is 4.79 Å². The van der Waals surface area contributed by atoms with E-state index in [2.05, 4.69) is 26.1 Å². The molecule has 0 aromatic rings. The van der Waals surface area contributed by atoms with Crippen molar-refractivity contribution in [1.82, 2.24) is 5.32 Å². The van der Waals surface area contributed by atoms with Crippen LogP contribution in [0.2, 0.25) is 0 Å². The van der Waals surface area contributed by atoms with E-state index < -0.39 is 0 Å². The molecule has 72 valence electrons. The monoisotopic (exact) mass is 171 g/mol. The molecule has 0 saturated heterocycles. The van der Waals surface area contributed by atoms with Crippen molar-refractivity contribution in [1.29, 1.82) is 0 Å². The van der Waals surface area contributed by atoms with Crippen LogP contribution in [0.25, 0.3) is 0 Å². The number of amides is 1. The summed E-state index contributed by atoms with van der Waals surface area (Å²) in [5.41, 5.74) is 0. The third-order valence-corrected chi connectivity index (χ3v) is 2.32. The topological polar surface area (TPSA) is 29.1 Å². The Morgan fingerprint density at radius 3 is 2.33 bits per heavy atom. The van der Waals surface area contributed by atoms with Crippen LogP contribution in [0.3, 0.4) is 0 Å². The molecule has 0 aromatic carbocycles. The zero-order valence-corrected chi connectivity index (χ0v) is 8.68. The van der Waals surface area contributed by atoms with Crippen molar-refractivity contribution in [2.24, 2.45) is 5.92 Å². The van der Waals surface area contributed by atoms with Crippen LogP contribution >= 0.6 is 0 Å². The molecule has 0 aliphatic carbocycles. The number of hydrogen-bond donors (Lipinski definition) is 1. The SMILES string of the molecule is CCCC(CC)C(C)NC(C)=O.